The van der Waals surface area contributed by atoms with Gasteiger partial charge in [-0.25, -0.2) is 9.78 Å². The summed E-state index contributed by atoms with van der Waals surface area (Å²) >= 11 is 4.79. The molecule has 0 atom stereocenters. The van der Waals surface area contributed by atoms with Crippen LogP contribution in [-0.2, 0) is 6.54 Å². The van der Waals surface area contributed by atoms with Gasteiger partial charge in [0.15, 0.2) is 0 Å². The third kappa shape index (κ3) is 1.50. The summed E-state index contributed by atoms with van der Waals surface area (Å²) in [5.41, 5.74) is 1.78. The van der Waals surface area contributed by atoms with Gasteiger partial charge in [-0.2, -0.15) is 0 Å². The maximum atomic E-state index is 5.17. The molecule has 1 aromatic carbocycles. The van der Waals surface area contributed by atoms with E-state index in [4.69, 9.17) is 16.6 Å². The van der Waals surface area contributed by atoms with E-state index in [1.54, 1.807) is 4.68 Å². The Hall–Kier alpha value is -2.02. The van der Waals surface area contributed by atoms with E-state index in [0.29, 0.717) is 12.4 Å². The third-order valence-corrected chi connectivity index (χ3v) is 2.36. The lowest BCUT2D eigenvalue weighted by Gasteiger charge is -1.96. The molecule has 7 heteroatoms. The molecule has 0 amide bonds. The number of aromatic nitrogens is 5. The van der Waals surface area contributed by atoms with Crippen molar-refractivity contribution in [2.75, 3.05) is 0 Å². The summed E-state index contributed by atoms with van der Waals surface area (Å²) in [5, 5.41) is 14.5. The largest absolute Gasteiger partial charge is 0.412 e. The van der Waals surface area contributed by atoms with Crippen molar-refractivity contribution >= 4 is 23.3 Å². The van der Waals surface area contributed by atoms with Crippen LogP contribution >= 0.6 is 12.2 Å². The second-order valence-corrected chi connectivity index (χ2v) is 3.61. The van der Waals surface area contributed by atoms with Crippen LogP contribution < -0.4 is 0 Å². The zero-order valence-corrected chi connectivity index (χ0v) is 8.94. The molecule has 2 heterocycles. The van der Waals surface area contributed by atoms with E-state index in [2.05, 4.69) is 20.5 Å². The Labute approximate surface area is 94.9 Å². The minimum atomic E-state index is 0.263. The minimum Gasteiger partial charge on any atom is -0.412 e. The van der Waals surface area contributed by atoms with Crippen molar-refractivity contribution in [1.82, 2.24) is 25.2 Å². The molecule has 0 saturated carbocycles. The van der Waals surface area contributed by atoms with Crippen LogP contribution in [0.15, 0.2) is 28.7 Å². The van der Waals surface area contributed by atoms with Crippen molar-refractivity contribution in [2.45, 2.75) is 6.54 Å². The van der Waals surface area contributed by atoms with Gasteiger partial charge in [-0.05, 0) is 24.4 Å². The number of H-pyrrole nitrogens is 1. The molecule has 2 aromatic heterocycles. The van der Waals surface area contributed by atoms with Crippen LogP contribution in [0.5, 0.6) is 0 Å². The molecule has 0 bridgehead atoms. The topological polar surface area (TPSA) is 72.5 Å². The fraction of sp³-hybridized carbons (Fsp3) is 0.111. The lowest BCUT2D eigenvalue weighted by molar-refractivity contribution is 0.454. The van der Waals surface area contributed by atoms with Crippen LogP contribution in [0, 0.1) is 4.84 Å². The molecule has 0 aliphatic carbocycles. The molecule has 80 valence electrons. The molecule has 3 rings (SSSR count). The van der Waals surface area contributed by atoms with Crippen LogP contribution in [0.25, 0.3) is 11.0 Å². The molecule has 0 radical (unpaired) electrons. The Morgan fingerprint density at radius 3 is 3.06 bits per heavy atom. The zero-order chi connectivity index (χ0) is 11.0. The highest BCUT2D eigenvalue weighted by atomic mass is 32.1. The molecule has 0 fully saturated rings. The van der Waals surface area contributed by atoms with E-state index in [-0.39, 0.29) is 4.84 Å². The van der Waals surface area contributed by atoms with E-state index in [0.717, 1.165) is 11.0 Å². The van der Waals surface area contributed by atoms with Crippen LogP contribution in [-0.4, -0.2) is 25.2 Å². The average Bonchev–Trinajstić information content (AvgIpc) is 2.87. The van der Waals surface area contributed by atoms with Crippen molar-refractivity contribution < 1.29 is 4.42 Å². The fourth-order valence-electron chi connectivity index (χ4n) is 1.49. The molecule has 16 heavy (non-hydrogen) atoms. The van der Waals surface area contributed by atoms with Crippen LogP contribution in [0.3, 0.4) is 0 Å². The van der Waals surface area contributed by atoms with Crippen LogP contribution in [0.4, 0.5) is 0 Å². The quantitative estimate of drug-likeness (QED) is 0.679. The molecule has 0 spiro atoms. The Morgan fingerprint density at radius 1 is 1.38 bits per heavy atom. The normalized spacial score (nSPS) is 11.0. The zero-order valence-electron chi connectivity index (χ0n) is 8.12. The van der Waals surface area contributed by atoms with Crippen LogP contribution in [0.1, 0.15) is 5.89 Å². The lowest BCUT2D eigenvalue weighted by atomic mass is 10.3. The van der Waals surface area contributed by atoms with E-state index in [1.165, 1.54) is 0 Å². The van der Waals surface area contributed by atoms with Gasteiger partial charge in [0, 0.05) is 0 Å². The number of rotatable bonds is 2. The van der Waals surface area contributed by atoms with E-state index >= 15 is 0 Å². The predicted octanol–water partition coefficient (Wildman–Crippen LogP) is 1.53. The van der Waals surface area contributed by atoms with Crippen molar-refractivity contribution in [3.8, 4) is 0 Å². The van der Waals surface area contributed by atoms with Gasteiger partial charge in [0.25, 0.3) is 4.84 Å². The van der Waals surface area contributed by atoms with Gasteiger partial charge in [0.1, 0.15) is 12.1 Å². The molecule has 0 unspecified atom stereocenters. The first-order chi connectivity index (χ1) is 7.83. The van der Waals surface area contributed by atoms with Crippen LogP contribution in [0.2, 0.25) is 0 Å². The number of aromatic amines is 1. The molecule has 0 saturated heterocycles. The number of hydrogen-bond acceptors (Lipinski definition) is 5. The Balaban J connectivity index is 2.03. The van der Waals surface area contributed by atoms with Crippen molar-refractivity contribution in [3.63, 3.8) is 0 Å². The predicted molar refractivity (Wildman–Crippen MR) is 58.3 cm³/mol. The van der Waals surface area contributed by atoms with Gasteiger partial charge < -0.3 is 4.42 Å². The summed E-state index contributed by atoms with van der Waals surface area (Å²) in [6, 6.07) is 7.69. The number of benzene rings is 1. The lowest BCUT2D eigenvalue weighted by Crippen LogP contribution is -2.02. The molecule has 6 nitrogen and oxygen atoms in total. The minimum absolute atomic E-state index is 0.263. The summed E-state index contributed by atoms with van der Waals surface area (Å²) in [6.07, 6.45) is 0. The SMILES string of the molecule is S=c1[nH]nc(Cn2nnc3ccccc32)o1. The standard InChI is InChI=1S/C9H7N5OS/c16-9-12-11-8(15-9)5-14-7-4-2-1-3-6(7)10-13-14/h1-4H,5H2,(H,12,16). The second kappa shape index (κ2) is 3.53. The van der Waals surface area contributed by atoms with Gasteiger partial charge in [-0.1, -0.05) is 17.3 Å². The molecule has 1 N–H and O–H groups in total. The average molecular weight is 233 g/mol. The van der Waals surface area contributed by atoms with Gasteiger partial charge in [0.05, 0.1) is 5.52 Å². The summed E-state index contributed by atoms with van der Waals surface area (Å²) in [4.78, 5) is 0.263. The van der Waals surface area contributed by atoms with E-state index < -0.39 is 0 Å². The summed E-state index contributed by atoms with van der Waals surface area (Å²) in [5.74, 6) is 0.487. The number of para-hydroxylation sites is 1. The highest BCUT2D eigenvalue weighted by molar-refractivity contribution is 7.71. The monoisotopic (exact) mass is 233 g/mol. The van der Waals surface area contributed by atoms with E-state index in [1.807, 2.05) is 24.3 Å². The first-order valence-corrected chi connectivity index (χ1v) is 5.06. The molecular formula is C9H7N5OS. The number of nitrogens with one attached hydrogen (secondary N) is 1. The number of fused-ring (bicyclic) bond motifs is 1. The first kappa shape index (κ1) is 9.22. The van der Waals surface area contributed by atoms with Crippen molar-refractivity contribution in [1.29, 1.82) is 0 Å². The van der Waals surface area contributed by atoms with E-state index in [9.17, 15) is 0 Å². The second-order valence-electron chi connectivity index (χ2n) is 3.24. The summed E-state index contributed by atoms with van der Waals surface area (Å²) < 4.78 is 6.88. The van der Waals surface area contributed by atoms with Crippen molar-refractivity contribution in [2.24, 2.45) is 0 Å². The number of nitrogens with zero attached hydrogens (tertiary/aromatic N) is 4. The van der Waals surface area contributed by atoms with Gasteiger partial charge in [0.2, 0.25) is 5.89 Å². The third-order valence-electron chi connectivity index (χ3n) is 2.19. The first-order valence-electron chi connectivity index (χ1n) is 4.65. The molecule has 0 aliphatic rings. The maximum Gasteiger partial charge on any atom is 0.284 e. The summed E-state index contributed by atoms with van der Waals surface area (Å²) in [7, 11) is 0. The smallest absolute Gasteiger partial charge is 0.284 e. The van der Waals surface area contributed by atoms with Crippen molar-refractivity contribution in [3.05, 3.63) is 35.0 Å². The Morgan fingerprint density at radius 2 is 2.25 bits per heavy atom. The molecular weight excluding hydrogens is 226 g/mol. The fourth-order valence-corrected chi connectivity index (χ4v) is 1.63. The highest BCUT2D eigenvalue weighted by Gasteiger charge is 2.06. The van der Waals surface area contributed by atoms with Gasteiger partial charge >= 0.3 is 0 Å². The summed E-state index contributed by atoms with van der Waals surface area (Å²) in [6.45, 7) is 0.410. The Kier molecular flexibility index (Phi) is 2.03. The number of hydrogen-bond donors (Lipinski definition) is 1. The highest BCUT2D eigenvalue weighted by Crippen LogP contribution is 2.10. The molecule has 0 aliphatic heterocycles. The Bertz CT molecular complexity index is 682. The van der Waals surface area contributed by atoms with Gasteiger partial charge in [-0.3, -0.25) is 0 Å². The maximum absolute atomic E-state index is 5.17. The molecule has 3 aromatic rings. The van der Waals surface area contributed by atoms with Gasteiger partial charge in [-0.15, -0.1) is 10.2 Å².